The Bertz CT molecular complexity index is 901. The van der Waals surface area contributed by atoms with Gasteiger partial charge < -0.3 is 5.11 Å². The molecule has 0 heterocycles. The summed E-state index contributed by atoms with van der Waals surface area (Å²) in [7, 11) is 0. The third kappa shape index (κ3) is 4.89. The molecule has 0 saturated heterocycles. The summed E-state index contributed by atoms with van der Waals surface area (Å²) in [4.78, 5) is 2.35. The van der Waals surface area contributed by atoms with E-state index in [1.54, 1.807) is 0 Å². The zero-order chi connectivity index (χ0) is 20.8. The highest BCUT2D eigenvalue weighted by molar-refractivity contribution is 5.50. The lowest BCUT2D eigenvalue weighted by atomic mass is 9.85. The molecule has 2 heteroatoms. The molecule has 152 valence electrons. The predicted octanol–water partition coefficient (Wildman–Crippen LogP) is 6.54. The van der Waals surface area contributed by atoms with Gasteiger partial charge in [-0.25, -0.2) is 0 Å². The third-order valence-corrected chi connectivity index (χ3v) is 6.09. The number of aromatic hydroxyl groups is 1. The van der Waals surface area contributed by atoms with Crippen molar-refractivity contribution in [1.29, 1.82) is 0 Å². The average molecular weight is 388 g/mol. The van der Waals surface area contributed by atoms with Gasteiger partial charge in [0.05, 0.1) is 0 Å². The van der Waals surface area contributed by atoms with Gasteiger partial charge in [0.2, 0.25) is 0 Å². The van der Waals surface area contributed by atoms with Crippen molar-refractivity contribution in [2.75, 3.05) is 13.1 Å². The Morgan fingerprint density at radius 3 is 1.76 bits per heavy atom. The van der Waals surface area contributed by atoms with Crippen LogP contribution in [0.3, 0.4) is 0 Å². The number of nitrogens with zero attached hydrogens (tertiary/aromatic N) is 1. The number of hydrogen-bond acceptors (Lipinski definition) is 2. The Hall–Kier alpha value is -2.58. The van der Waals surface area contributed by atoms with E-state index in [9.17, 15) is 5.11 Å². The molecule has 3 aromatic carbocycles. The molecule has 3 aromatic rings. The summed E-state index contributed by atoms with van der Waals surface area (Å²) in [6.07, 6.45) is 0. The minimum absolute atomic E-state index is 0.134. The molecule has 0 radical (unpaired) electrons. The molecule has 1 N–H and O–H groups in total. The first-order valence-corrected chi connectivity index (χ1v) is 10.7. The van der Waals surface area contributed by atoms with E-state index in [0.717, 1.165) is 30.8 Å². The zero-order valence-corrected chi connectivity index (χ0v) is 18.1. The molecule has 0 saturated carbocycles. The highest BCUT2D eigenvalue weighted by Crippen LogP contribution is 2.38. The standard InChI is InChI=1S/C27H33NO/c1-5-28(6-2)19-25-17-24(20(3)22-13-9-7-10-14-22)18-26(27(25)29)21(4)23-15-11-8-12-16-23/h7-18,20-21,29H,5-6,19H2,1-4H3. The SMILES string of the molecule is CCN(CC)Cc1cc(C(C)c2ccccc2)cc(C(C)c2ccccc2)c1O. The van der Waals surface area contributed by atoms with Gasteiger partial charge in [-0.3, -0.25) is 4.90 Å². The Balaban J connectivity index is 2.08. The van der Waals surface area contributed by atoms with E-state index >= 15 is 0 Å². The second kappa shape index (κ2) is 9.76. The van der Waals surface area contributed by atoms with Gasteiger partial charge in [0, 0.05) is 29.5 Å². The van der Waals surface area contributed by atoms with Gasteiger partial charge in [-0.1, -0.05) is 100 Å². The number of rotatable bonds is 8. The third-order valence-electron chi connectivity index (χ3n) is 6.09. The van der Waals surface area contributed by atoms with Gasteiger partial charge in [-0.05, 0) is 29.8 Å². The number of hydrogen-bond donors (Lipinski definition) is 1. The normalized spacial score (nSPS) is 13.4. The lowest BCUT2D eigenvalue weighted by molar-refractivity contribution is 0.290. The van der Waals surface area contributed by atoms with Gasteiger partial charge >= 0.3 is 0 Å². The van der Waals surface area contributed by atoms with Crippen molar-refractivity contribution in [3.8, 4) is 5.75 Å². The second-order valence-corrected chi connectivity index (χ2v) is 7.84. The van der Waals surface area contributed by atoms with Gasteiger partial charge in [-0.15, -0.1) is 0 Å². The average Bonchev–Trinajstić information content (AvgIpc) is 2.78. The molecule has 0 aliphatic carbocycles. The fraction of sp³-hybridized carbons (Fsp3) is 0.333. The smallest absolute Gasteiger partial charge is 0.123 e. The quantitative estimate of drug-likeness (QED) is 0.474. The van der Waals surface area contributed by atoms with Crippen molar-refractivity contribution in [2.45, 2.75) is 46.1 Å². The summed E-state index contributed by atoms with van der Waals surface area (Å²) in [5.41, 5.74) is 5.81. The van der Waals surface area contributed by atoms with E-state index in [1.807, 2.05) is 6.07 Å². The van der Waals surface area contributed by atoms with Crippen LogP contribution in [0.4, 0.5) is 0 Å². The van der Waals surface area contributed by atoms with E-state index in [4.69, 9.17) is 0 Å². The molecule has 0 fully saturated rings. The van der Waals surface area contributed by atoms with Gasteiger partial charge in [0.25, 0.3) is 0 Å². The molecule has 0 aromatic heterocycles. The van der Waals surface area contributed by atoms with Crippen LogP contribution >= 0.6 is 0 Å². The van der Waals surface area contributed by atoms with Crippen molar-refractivity contribution < 1.29 is 5.11 Å². The lowest BCUT2D eigenvalue weighted by Gasteiger charge is -2.24. The van der Waals surface area contributed by atoms with Crippen molar-refractivity contribution in [2.24, 2.45) is 0 Å². The van der Waals surface area contributed by atoms with Crippen LogP contribution < -0.4 is 0 Å². The largest absolute Gasteiger partial charge is 0.507 e. The molecule has 0 bridgehead atoms. The van der Waals surface area contributed by atoms with E-state index < -0.39 is 0 Å². The highest BCUT2D eigenvalue weighted by Gasteiger charge is 2.20. The van der Waals surface area contributed by atoms with Crippen molar-refractivity contribution in [3.63, 3.8) is 0 Å². The van der Waals surface area contributed by atoms with Crippen molar-refractivity contribution >= 4 is 0 Å². The Labute approximate surface area is 175 Å². The first kappa shape index (κ1) is 21.1. The van der Waals surface area contributed by atoms with Crippen LogP contribution in [0, 0.1) is 0 Å². The summed E-state index contributed by atoms with van der Waals surface area (Å²) in [5, 5.41) is 11.2. The van der Waals surface area contributed by atoms with Crippen molar-refractivity contribution in [1.82, 2.24) is 4.90 Å². The Morgan fingerprint density at radius 2 is 1.24 bits per heavy atom. The summed E-state index contributed by atoms with van der Waals surface area (Å²) in [6.45, 7) is 11.5. The van der Waals surface area contributed by atoms with Crippen LogP contribution in [-0.2, 0) is 6.54 Å². The first-order valence-electron chi connectivity index (χ1n) is 10.7. The van der Waals surface area contributed by atoms with Crippen molar-refractivity contribution in [3.05, 3.63) is 101 Å². The van der Waals surface area contributed by atoms with Crippen LogP contribution in [0.1, 0.15) is 67.3 Å². The van der Waals surface area contributed by atoms with Crippen LogP contribution in [0.15, 0.2) is 72.8 Å². The second-order valence-electron chi connectivity index (χ2n) is 7.84. The molecule has 0 spiro atoms. The molecule has 2 nitrogen and oxygen atoms in total. The Morgan fingerprint density at radius 1 is 0.724 bits per heavy atom. The van der Waals surface area contributed by atoms with Gasteiger partial charge in [0.1, 0.15) is 5.75 Å². The zero-order valence-electron chi connectivity index (χ0n) is 18.1. The van der Waals surface area contributed by atoms with E-state index in [-0.39, 0.29) is 11.8 Å². The molecule has 3 rings (SSSR count). The summed E-state index contributed by atoms with van der Waals surface area (Å²) in [6, 6.07) is 25.5. The minimum atomic E-state index is 0.134. The molecule has 2 atom stereocenters. The number of benzene rings is 3. The van der Waals surface area contributed by atoms with Crippen LogP contribution in [0.5, 0.6) is 5.75 Å². The summed E-state index contributed by atoms with van der Waals surface area (Å²) < 4.78 is 0. The number of phenolic OH excluding ortho intramolecular Hbond substituents is 1. The monoisotopic (exact) mass is 387 g/mol. The lowest BCUT2D eigenvalue weighted by Crippen LogP contribution is -2.22. The summed E-state index contributed by atoms with van der Waals surface area (Å²) in [5.74, 6) is 0.848. The molecule has 2 unspecified atom stereocenters. The first-order chi connectivity index (χ1) is 14.0. The molecular weight excluding hydrogens is 354 g/mol. The molecule has 0 amide bonds. The van der Waals surface area contributed by atoms with Gasteiger partial charge in [0.15, 0.2) is 0 Å². The summed E-state index contributed by atoms with van der Waals surface area (Å²) >= 11 is 0. The van der Waals surface area contributed by atoms with Crippen LogP contribution in [0.25, 0.3) is 0 Å². The van der Waals surface area contributed by atoms with Crippen LogP contribution in [0.2, 0.25) is 0 Å². The van der Waals surface area contributed by atoms with E-state index in [0.29, 0.717) is 5.75 Å². The Kier molecular flexibility index (Phi) is 7.11. The van der Waals surface area contributed by atoms with Crippen LogP contribution in [-0.4, -0.2) is 23.1 Å². The van der Waals surface area contributed by atoms with Gasteiger partial charge in [-0.2, -0.15) is 0 Å². The fourth-order valence-corrected chi connectivity index (χ4v) is 3.99. The topological polar surface area (TPSA) is 23.5 Å². The number of phenols is 1. The molecule has 29 heavy (non-hydrogen) atoms. The van der Waals surface area contributed by atoms with E-state index in [1.165, 1.54) is 16.7 Å². The maximum Gasteiger partial charge on any atom is 0.123 e. The maximum absolute atomic E-state index is 11.2. The molecule has 0 aliphatic rings. The predicted molar refractivity (Wildman–Crippen MR) is 123 cm³/mol. The molecule has 0 aliphatic heterocycles. The van der Waals surface area contributed by atoms with E-state index in [2.05, 4.69) is 99.3 Å². The maximum atomic E-state index is 11.2. The minimum Gasteiger partial charge on any atom is -0.507 e. The fourth-order valence-electron chi connectivity index (χ4n) is 3.99. The highest BCUT2D eigenvalue weighted by atomic mass is 16.3. The molecular formula is C27H33NO.